The Labute approximate surface area is 114 Å². The molecule has 0 spiro atoms. The van der Waals surface area contributed by atoms with E-state index in [-0.39, 0.29) is 5.91 Å². The summed E-state index contributed by atoms with van der Waals surface area (Å²) in [6.45, 7) is 1.11. The van der Waals surface area contributed by atoms with Crippen molar-refractivity contribution in [2.45, 2.75) is 9.52 Å². The van der Waals surface area contributed by atoms with Crippen LogP contribution in [0.4, 0.5) is 5.82 Å². The molecule has 90 valence electrons. The minimum absolute atomic E-state index is 0.203. The van der Waals surface area contributed by atoms with Crippen molar-refractivity contribution in [2.24, 2.45) is 0 Å². The summed E-state index contributed by atoms with van der Waals surface area (Å²) in [5.41, 5.74) is 1.52. The fourth-order valence-electron chi connectivity index (χ4n) is 1.94. The van der Waals surface area contributed by atoms with Gasteiger partial charge >= 0.3 is 0 Å². The zero-order valence-electron chi connectivity index (χ0n) is 8.57. The molecule has 3 rings (SSSR count). The van der Waals surface area contributed by atoms with E-state index in [1.54, 1.807) is 12.3 Å². The van der Waals surface area contributed by atoms with Crippen LogP contribution < -0.4 is 5.32 Å². The van der Waals surface area contributed by atoms with Gasteiger partial charge in [0.05, 0.1) is 13.2 Å². The highest BCUT2D eigenvalue weighted by molar-refractivity contribution is 9.25. The summed E-state index contributed by atoms with van der Waals surface area (Å²) >= 11 is 6.72. The van der Waals surface area contributed by atoms with Crippen LogP contribution in [0.25, 0.3) is 0 Å². The van der Waals surface area contributed by atoms with Gasteiger partial charge in [-0.1, -0.05) is 31.9 Å². The van der Waals surface area contributed by atoms with Crippen LogP contribution in [0.15, 0.2) is 12.3 Å². The van der Waals surface area contributed by atoms with E-state index in [0.717, 1.165) is 11.1 Å². The number of rotatable bonds is 1. The molecule has 0 radical (unpaired) electrons. The number of fused-ring (bicyclic) bond motifs is 1. The van der Waals surface area contributed by atoms with Gasteiger partial charge in [-0.25, -0.2) is 4.98 Å². The molecule has 2 aliphatic rings. The average Bonchev–Trinajstić information content (AvgIpc) is 2.87. The van der Waals surface area contributed by atoms with Gasteiger partial charge in [0, 0.05) is 17.3 Å². The van der Waals surface area contributed by atoms with Crippen molar-refractivity contribution in [3.8, 4) is 0 Å². The molecule has 17 heavy (non-hydrogen) atoms. The third-order valence-electron chi connectivity index (χ3n) is 2.69. The van der Waals surface area contributed by atoms with Crippen LogP contribution in [0.2, 0.25) is 0 Å². The Morgan fingerprint density at radius 3 is 2.82 bits per heavy atom. The Hall–Kier alpha value is -0.500. The molecule has 0 unspecified atom stereocenters. The van der Waals surface area contributed by atoms with Gasteiger partial charge in [0.2, 0.25) is 0 Å². The number of alkyl halides is 2. The molecule has 1 aromatic rings. The Balaban J connectivity index is 2.13. The molecule has 5 nitrogen and oxygen atoms in total. The topological polar surface area (TPSA) is 60.5 Å². The summed E-state index contributed by atoms with van der Waals surface area (Å²) in [7, 11) is 0. The number of halogens is 2. The second-order valence-electron chi connectivity index (χ2n) is 3.73. The van der Waals surface area contributed by atoms with E-state index in [0.29, 0.717) is 19.0 Å². The van der Waals surface area contributed by atoms with E-state index in [4.69, 9.17) is 9.47 Å². The summed E-state index contributed by atoms with van der Waals surface area (Å²) in [6, 6.07) is 1.80. The molecule has 0 aromatic carbocycles. The van der Waals surface area contributed by atoms with Crippen LogP contribution >= 0.6 is 31.9 Å². The first-order valence-electron chi connectivity index (χ1n) is 5.02. The molecule has 2 aliphatic heterocycles. The van der Waals surface area contributed by atoms with Gasteiger partial charge in [-0.15, -0.1) is 0 Å². The number of aromatic nitrogens is 1. The fourth-order valence-corrected chi connectivity index (χ4v) is 2.97. The van der Waals surface area contributed by atoms with Gasteiger partial charge in [0.15, 0.2) is 9.52 Å². The Morgan fingerprint density at radius 2 is 2.12 bits per heavy atom. The first-order chi connectivity index (χ1) is 8.10. The number of nitrogens with zero attached hydrogens (tertiary/aromatic N) is 1. The Morgan fingerprint density at radius 1 is 1.41 bits per heavy atom. The highest BCUT2D eigenvalue weighted by atomic mass is 79.9. The minimum atomic E-state index is -0.964. The second kappa shape index (κ2) is 4.01. The number of carbonyl (C=O) groups excluding carboxylic acids is 1. The molecule has 1 fully saturated rings. The standard InChI is InChI=1S/C10H8Br2N2O3/c11-10(12)6-5(8-16-3-4-17-8)1-2-13-7(6)14-9(10)15/h1-2,8H,3-4H2,(H,13,14,15). The normalized spacial score (nSPS) is 22.6. The van der Waals surface area contributed by atoms with Crippen molar-refractivity contribution in [2.75, 3.05) is 18.5 Å². The van der Waals surface area contributed by atoms with Crippen LogP contribution in [-0.4, -0.2) is 24.1 Å². The largest absolute Gasteiger partial charge is 0.346 e. The average molecular weight is 364 g/mol. The maximum atomic E-state index is 11.8. The number of carbonyl (C=O) groups is 1. The lowest BCUT2D eigenvalue weighted by atomic mass is 10.1. The minimum Gasteiger partial charge on any atom is -0.346 e. The Kier molecular flexibility index (Phi) is 2.73. The first-order valence-corrected chi connectivity index (χ1v) is 6.61. The summed E-state index contributed by atoms with van der Waals surface area (Å²) in [4.78, 5) is 15.9. The lowest BCUT2D eigenvalue weighted by Gasteiger charge is -2.18. The lowest BCUT2D eigenvalue weighted by Crippen LogP contribution is -2.21. The van der Waals surface area contributed by atoms with Crippen molar-refractivity contribution in [3.63, 3.8) is 0 Å². The molecule has 0 bridgehead atoms. The van der Waals surface area contributed by atoms with Crippen molar-refractivity contribution in [3.05, 3.63) is 23.4 Å². The zero-order valence-corrected chi connectivity index (χ0v) is 11.7. The molecule has 3 heterocycles. The van der Waals surface area contributed by atoms with E-state index in [2.05, 4.69) is 42.2 Å². The van der Waals surface area contributed by atoms with Gasteiger partial charge in [-0.3, -0.25) is 4.79 Å². The highest BCUT2D eigenvalue weighted by Crippen LogP contribution is 2.50. The number of nitrogens with one attached hydrogen (secondary N) is 1. The van der Waals surface area contributed by atoms with Crippen LogP contribution in [0, 0.1) is 0 Å². The van der Waals surface area contributed by atoms with Gasteiger partial charge < -0.3 is 14.8 Å². The summed E-state index contributed by atoms with van der Waals surface area (Å²) in [6.07, 6.45) is 1.19. The lowest BCUT2D eigenvalue weighted by molar-refractivity contribution is -0.115. The molecule has 0 saturated carbocycles. The molecule has 1 N–H and O–H groups in total. The van der Waals surface area contributed by atoms with Crippen molar-refractivity contribution in [1.82, 2.24) is 4.98 Å². The number of pyridine rings is 1. The molecule has 7 heteroatoms. The van der Waals surface area contributed by atoms with Crippen LogP contribution in [0.5, 0.6) is 0 Å². The van der Waals surface area contributed by atoms with Gasteiger partial charge in [0.1, 0.15) is 5.82 Å². The quantitative estimate of drug-likeness (QED) is 0.775. The van der Waals surface area contributed by atoms with E-state index in [1.165, 1.54) is 0 Å². The summed E-state index contributed by atoms with van der Waals surface area (Å²) in [5.74, 6) is 0.325. The summed E-state index contributed by atoms with van der Waals surface area (Å²) < 4.78 is 9.96. The van der Waals surface area contributed by atoms with Gasteiger partial charge in [-0.05, 0) is 6.07 Å². The highest BCUT2D eigenvalue weighted by Gasteiger charge is 2.46. The maximum absolute atomic E-state index is 11.8. The zero-order chi connectivity index (χ0) is 12.0. The third-order valence-corrected chi connectivity index (χ3v) is 4.20. The molecular weight excluding hydrogens is 356 g/mol. The van der Waals surface area contributed by atoms with Crippen LogP contribution in [0.1, 0.15) is 17.4 Å². The van der Waals surface area contributed by atoms with Crippen molar-refractivity contribution in [1.29, 1.82) is 0 Å². The van der Waals surface area contributed by atoms with E-state index < -0.39 is 9.52 Å². The number of hydrogen-bond acceptors (Lipinski definition) is 4. The second-order valence-corrected chi connectivity index (χ2v) is 7.17. The predicted molar refractivity (Wildman–Crippen MR) is 67.0 cm³/mol. The smallest absolute Gasteiger partial charge is 0.258 e. The molecule has 0 aliphatic carbocycles. The van der Waals surface area contributed by atoms with Crippen molar-refractivity contribution < 1.29 is 14.3 Å². The van der Waals surface area contributed by atoms with Crippen LogP contribution in [0.3, 0.4) is 0 Å². The SMILES string of the molecule is O=C1Nc2nccc(C3OCCO3)c2C1(Br)Br. The fraction of sp³-hybridized carbons (Fsp3) is 0.400. The predicted octanol–water partition coefficient (Wildman–Crippen LogP) is 2.02. The number of anilines is 1. The van der Waals surface area contributed by atoms with E-state index in [9.17, 15) is 4.79 Å². The van der Waals surface area contributed by atoms with Gasteiger partial charge in [-0.2, -0.15) is 0 Å². The first kappa shape index (κ1) is 11.6. The molecule has 1 aromatic heterocycles. The van der Waals surface area contributed by atoms with E-state index in [1.807, 2.05) is 0 Å². The molecule has 0 atom stereocenters. The molecule has 1 saturated heterocycles. The molecular formula is C10H8Br2N2O3. The maximum Gasteiger partial charge on any atom is 0.258 e. The third kappa shape index (κ3) is 1.72. The number of hydrogen-bond donors (Lipinski definition) is 1. The number of ether oxygens (including phenoxy) is 2. The molecule has 1 amide bonds. The monoisotopic (exact) mass is 362 g/mol. The summed E-state index contributed by atoms with van der Waals surface area (Å²) in [5, 5.41) is 2.70. The van der Waals surface area contributed by atoms with E-state index >= 15 is 0 Å². The Bertz CT molecular complexity index is 486. The van der Waals surface area contributed by atoms with Gasteiger partial charge in [0.25, 0.3) is 5.91 Å². The number of amides is 1. The van der Waals surface area contributed by atoms with Crippen LogP contribution in [-0.2, 0) is 17.5 Å². The van der Waals surface area contributed by atoms with Crippen molar-refractivity contribution >= 4 is 43.6 Å².